The van der Waals surface area contributed by atoms with E-state index in [1.54, 1.807) is 6.07 Å². The highest BCUT2D eigenvalue weighted by Gasteiger charge is 2.45. The van der Waals surface area contributed by atoms with Crippen LogP contribution in [0.25, 0.3) is 0 Å². The highest BCUT2D eigenvalue weighted by Crippen LogP contribution is 2.38. The molecule has 2 bridgehead atoms. The Morgan fingerprint density at radius 3 is 2.40 bits per heavy atom. The van der Waals surface area contributed by atoms with Crippen molar-refractivity contribution in [1.82, 2.24) is 19.9 Å². The smallest absolute Gasteiger partial charge is 0.410 e. The van der Waals surface area contributed by atoms with E-state index in [2.05, 4.69) is 20.3 Å². The number of nitrogens with zero attached hydrogens (tertiary/aromatic N) is 4. The third-order valence-electron chi connectivity index (χ3n) is 6.81. The molecule has 2 aromatic heterocycles. The van der Waals surface area contributed by atoms with Crippen LogP contribution in [0.3, 0.4) is 0 Å². The summed E-state index contributed by atoms with van der Waals surface area (Å²) in [6, 6.07) is 3.44. The topological polar surface area (TPSA) is 124 Å². The molecule has 3 aliphatic rings. The average Bonchev–Trinajstić information content (AvgIpc) is 3.62. The van der Waals surface area contributed by atoms with Crippen molar-refractivity contribution in [3.05, 3.63) is 30.2 Å². The molecule has 3 atom stereocenters. The van der Waals surface area contributed by atoms with Gasteiger partial charge in [0.05, 0.1) is 28.8 Å². The summed E-state index contributed by atoms with van der Waals surface area (Å²) < 4.78 is 36.4. The Morgan fingerprint density at radius 2 is 1.80 bits per heavy atom. The van der Waals surface area contributed by atoms with E-state index in [0.717, 1.165) is 31.2 Å². The summed E-state index contributed by atoms with van der Waals surface area (Å²) in [6.07, 6.45) is 7.29. The summed E-state index contributed by atoms with van der Waals surface area (Å²) in [4.78, 5) is 27.2. The highest BCUT2D eigenvalue weighted by molar-refractivity contribution is 7.92. The lowest BCUT2D eigenvalue weighted by Crippen LogP contribution is -2.50. The van der Waals surface area contributed by atoms with Crippen LogP contribution >= 0.6 is 0 Å². The maximum absolute atomic E-state index is 12.5. The second kappa shape index (κ2) is 9.25. The third-order valence-corrected chi connectivity index (χ3v) is 8.98. The summed E-state index contributed by atoms with van der Waals surface area (Å²) in [6.45, 7) is 5.60. The maximum Gasteiger partial charge on any atom is 0.410 e. The molecule has 35 heavy (non-hydrogen) atoms. The molecule has 10 nitrogen and oxygen atoms in total. The Bertz CT molecular complexity index is 1190. The minimum Gasteiger partial charge on any atom is -0.474 e. The molecule has 188 valence electrons. The number of anilines is 2. The van der Waals surface area contributed by atoms with E-state index in [4.69, 9.17) is 9.47 Å². The van der Waals surface area contributed by atoms with Crippen LogP contribution in [0.4, 0.5) is 16.3 Å². The number of ether oxygens (including phenoxy) is 2. The Morgan fingerprint density at radius 1 is 1.09 bits per heavy atom. The van der Waals surface area contributed by atoms with Gasteiger partial charge in [-0.1, -0.05) is 0 Å². The van der Waals surface area contributed by atoms with Crippen LogP contribution in [0.15, 0.2) is 29.7 Å². The second-order valence-electron chi connectivity index (χ2n) is 9.84. The summed E-state index contributed by atoms with van der Waals surface area (Å²) in [5.74, 6) is 1.06. The van der Waals surface area contributed by atoms with Crippen molar-refractivity contribution < 1.29 is 22.7 Å². The number of sulfone groups is 1. The van der Waals surface area contributed by atoms with Crippen molar-refractivity contribution >= 4 is 27.4 Å². The van der Waals surface area contributed by atoms with Gasteiger partial charge in [0.15, 0.2) is 14.9 Å². The fraction of sp³-hybridized carbons (Fsp3) is 0.583. The standard InChI is InChI=1S/C24H31N5O5S/c1-14(2)33-24(30)29-17-5-6-18(29)11-19(10-17)34-23-15(3)22(26-13-27-23)28-16-4-9-21(25-12-16)35(31,32)20-7-8-20/h4,9,12-14,17-20H,5-8,10-11H2,1-3H3,(H,26,27,28)/t17-,18?,19?/m0/s1. The molecule has 4 heterocycles. The number of carbonyl (C=O) groups excluding carboxylic acids is 1. The normalized spacial score (nSPS) is 23.9. The van der Waals surface area contributed by atoms with Gasteiger partial charge in [-0.05, 0) is 58.6 Å². The lowest BCUT2D eigenvalue weighted by molar-refractivity contribution is 0.0207. The summed E-state index contributed by atoms with van der Waals surface area (Å²) >= 11 is 0. The lowest BCUT2D eigenvalue weighted by Gasteiger charge is -2.38. The number of rotatable bonds is 7. The summed E-state index contributed by atoms with van der Waals surface area (Å²) in [5.41, 5.74) is 1.37. The van der Waals surface area contributed by atoms with Gasteiger partial charge in [0.25, 0.3) is 0 Å². The molecule has 0 spiro atoms. The Labute approximate surface area is 205 Å². The van der Waals surface area contributed by atoms with Gasteiger partial charge in [-0.15, -0.1) is 0 Å². The van der Waals surface area contributed by atoms with E-state index >= 15 is 0 Å². The van der Waals surface area contributed by atoms with E-state index in [0.29, 0.717) is 30.2 Å². The molecule has 3 fully saturated rings. The first kappa shape index (κ1) is 23.8. The quantitative estimate of drug-likeness (QED) is 0.603. The van der Waals surface area contributed by atoms with Crippen LogP contribution in [0.2, 0.25) is 0 Å². The summed E-state index contributed by atoms with van der Waals surface area (Å²) in [5, 5.41) is 3.00. The van der Waals surface area contributed by atoms with Crippen molar-refractivity contribution in [1.29, 1.82) is 0 Å². The van der Waals surface area contributed by atoms with Gasteiger partial charge in [0.2, 0.25) is 5.88 Å². The number of piperidine rings is 1. The van der Waals surface area contributed by atoms with Gasteiger partial charge < -0.3 is 19.7 Å². The first-order chi connectivity index (χ1) is 16.7. The minimum absolute atomic E-state index is 0.0503. The number of pyridine rings is 1. The van der Waals surface area contributed by atoms with Gasteiger partial charge in [-0.25, -0.2) is 28.2 Å². The molecular formula is C24H31N5O5S. The fourth-order valence-electron chi connectivity index (χ4n) is 4.93. The van der Waals surface area contributed by atoms with Crippen LogP contribution in [0.5, 0.6) is 5.88 Å². The van der Waals surface area contributed by atoms with Crippen LogP contribution in [-0.4, -0.2) is 63.9 Å². The van der Waals surface area contributed by atoms with Crippen molar-refractivity contribution in [3.8, 4) is 5.88 Å². The molecule has 0 radical (unpaired) electrons. The summed E-state index contributed by atoms with van der Waals surface area (Å²) in [7, 11) is -3.32. The van der Waals surface area contributed by atoms with E-state index in [9.17, 15) is 13.2 Å². The maximum atomic E-state index is 12.5. The van der Waals surface area contributed by atoms with E-state index < -0.39 is 9.84 Å². The second-order valence-corrected chi connectivity index (χ2v) is 12.0. The van der Waals surface area contributed by atoms with E-state index in [1.165, 1.54) is 18.6 Å². The van der Waals surface area contributed by atoms with Gasteiger partial charge in [-0.3, -0.25) is 0 Å². The predicted octanol–water partition coefficient (Wildman–Crippen LogP) is 3.78. The zero-order valence-electron chi connectivity index (χ0n) is 20.2. The Kier molecular flexibility index (Phi) is 6.29. The average molecular weight is 502 g/mol. The third kappa shape index (κ3) is 4.91. The van der Waals surface area contributed by atoms with Gasteiger partial charge >= 0.3 is 6.09 Å². The van der Waals surface area contributed by atoms with Crippen molar-refractivity contribution in [3.63, 3.8) is 0 Å². The fourth-order valence-corrected chi connectivity index (χ4v) is 6.48. The van der Waals surface area contributed by atoms with E-state index in [-0.39, 0.29) is 40.7 Å². The molecule has 1 saturated carbocycles. The molecule has 2 aliphatic heterocycles. The molecule has 11 heteroatoms. The number of aromatic nitrogens is 3. The van der Waals surface area contributed by atoms with Crippen LogP contribution in [0, 0.1) is 6.92 Å². The van der Waals surface area contributed by atoms with Crippen LogP contribution < -0.4 is 10.1 Å². The van der Waals surface area contributed by atoms with Crippen LogP contribution in [0.1, 0.15) is 57.9 Å². The predicted molar refractivity (Wildman–Crippen MR) is 128 cm³/mol. The molecule has 2 saturated heterocycles. The SMILES string of the molecule is Cc1c(Nc2ccc(S(=O)(=O)C3CC3)nc2)ncnc1OC1CC2CC[C@@H](C1)N2C(=O)OC(C)C. The number of nitrogens with one attached hydrogen (secondary N) is 1. The van der Waals surface area contributed by atoms with Gasteiger partial charge in [0, 0.05) is 24.9 Å². The Balaban J connectivity index is 1.24. The molecular weight excluding hydrogens is 470 g/mol. The monoisotopic (exact) mass is 501 g/mol. The van der Waals surface area contributed by atoms with Crippen LogP contribution in [-0.2, 0) is 14.6 Å². The molecule has 2 unspecified atom stereocenters. The zero-order valence-corrected chi connectivity index (χ0v) is 21.0. The number of carbonyl (C=O) groups is 1. The zero-order chi connectivity index (χ0) is 24.7. The molecule has 1 N–H and O–H groups in total. The van der Waals surface area contributed by atoms with E-state index in [1.807, 2.05) is 25.7 Å². The van der Waals surface area contributed by atoms with Gasteiger partial charge in [-0.2, -0.15) is 0 Å². The minimum atomic E-state index is -3.32. The largest absolute Gasteiger partial charge is 0.474 e. The molecule has 5 rings (SSSR count). The molecule has 0 aromatic carbocycles. The number of hydrogen-bond acceptors (Lipinski definition) is 9. The highest BCUT2D eigenvalue weighted by atomic mass is 32.2. The van der Waals surface area contributed by atoms with Crippen molar-refractivity contribution in [2.75, 3.05) is 5.32 Å². The van der Waals surface area contributed by atoms with Gasteiger partial charge in [0.1, 0.15) is 18.2 Å². The lowest BCUT2D eigenvalue weighted by atomic mass is 10.0. The first-order valence-electron chi connectivity index (χ1n) is 12.2. The molecule has 1 aliphatic carbocycles. The Hall–Kier alpha value is -2.95. The van der Waals surface area contributed by atoms with Crippen molar-refractivity contribution in [2.24, 2.45) is 0 Å². The number of fused-ring (bicyclic) bond motifs is 2. The molecule has 1 amide bonds. The number of amides is 1. The number of hydrogen-bond donors (Lipinski definition) is 1. The molecule has 2 aromatic rings. The first-order valence-corrected chi connectivity index (χ1v) is 13.7. The van der Waals surface area contributed by atoms with Crippen molar-refractivity contribution in [2.45, 2.75) is 93.9 Å².